The van der Waals surface area contributed by atoms with Gasteiger partial charge in [-0.05, 0) is 11.6 Å². The molecule has 0 fully saturated rings. The van der Waals surface area contributed by atoms with Gasteiger partial charge < -0.3 is 9.69 Å². The number of aromatic nitrogens is 3. The van der Waals surface area contributed by atoms with Gasteiger partial charge in [-0.25, -0.2) is 0 Å². The average Bonchev–Trinajstić information content (AvgIpc) is 3.12. The molecule has 3 aromatic rings. The number of anilines is 1. The Morgan fingerprint density at radius 2 is 1.72 bits per heavy atom. The monoisotopic (exact) mass is 332 g/mol. The Hall–Kier alpha value is -3.28. The van der Waals surface area contributed by atoms with E-state index in [1.165, 1.54) is 0 Å². The Labute approximate surface area is 144 Å². The van der Waals surface area contributed by atoms with Crippen LogP contribution >= 0.6 is 0 Å². The number of hydrogen-bond acceptors (Lipinski definition) is 4. The molecule has 0 radical (unpaired) electrons. The van der Waals surface area contributed by atoms with E-state index >= 15 is 0 Å². The lowest BCUT2D eigenvalue weighted by Crippen LogP contribution is -2.31. The van der Waals surface area contributed by atoms with E-state index in [2.05, 4.69) is 15.4 Å². The van der Waals surface area contributed by atoms with Crippen LogP contribution in [0.2, 0.25) is 0 Å². The van der Waals surface area contributed by atoms with Crippen molar-refractivity contribution in [2.24, 2.45) is 0 Å². The number of amides is 1. The number of aromatic amines is 1. The number of benzene rings is 2. The number of fused-ring (bicyclic) bond motifs is 5. The second-order valence-electron chi connectivity index (χ2n) is 5.88. The van der Waals surface area contributed by atoms with Gasteiger partial charge in [0, 0.05) is 24.0 Å². The molecule has 0 bridgehead atoms. The summed E-state index contributed by atoms with van der Waals surface area (Å²) in [5.41, 5.74) is 5.07. The third-order valence-corrected chi connectivity index (χ3v) is 4.38. The van der Waals surface area contributed by atoms with Crippen LogP contribution in [-0.2, 0) is 16.1 Å². The molecule has 1 N–H and O–H groups in total. The van der Waals surface area contributed by atoms with Crippen LogP contribution in [0.25, 0.3) is 22.5 Å². The minimum atomic E-state index is -0.0821. The number of carbonyl (C=O) groups is 2. The highest BCUT2D eigenvalue weighted by atomic mass is 16.2. The van der Waals surface area contributed by atoms with Crippen molar-refractivity contribution in [3.8, 4) is 22.5 Å². The fourth-order valence-corrected chi connectivity index (χ4v) is 3.20. The van der Waals surface area contributed by atoms with Crippen LogP contribution in [0.3, 0.4) is 0 Å². The molecule has 1 aromatic heterocycles. The number of H-pyrrole nitrogens is 1. The molecule has 4 rings (SSSR count). The number of para-hydroxylation sites is 1. The minimum Gasteiger partial charge on any atom is -0.307 e. The third kappa shape index (κ3) is 2.61. The van der Waals surface area contributed by atoms with Crippen LogP contribution < -0.4 is 4.90 Å². The highest BCUT2D eigenvalue weighted by Gasteiger charge is 2.27. The van der Waals surface area contributed by atoms with Gasteiger partial charge in [0.05, 0.1) is 12.2 Å². The second-order valence-corrected chi connectivity index (χ2v) is 5.88. The maximum atomic E-state index is 12.8. The number of carbonyl (C=O) groups excluding carboxylic acids is 2. The summed E-state index contributed by atoms with van der Waals surface area (Å²) in [7, 11) is 0. The summed E-state index contributed by atoms with van der Waals surface area (Å²) in [6, 6.07) is 15.5. The minimum absolute atomic E-state index is 0.0821. The lowest BCUT2D eigenvalue weighted by atomic mass is 9.95. The Kier molecular flexibility index (Phi) is 3.85. The highest BCUT2D eigenvalue weighted by Crippen LogP contribution is 2.39. The van der Waals surface area contributed by atoms with Gasteiger partial charge in [0.25, 0.3) is 0 Å². The lowest BCUT2D eigenvalue weighted by molar-refractivity contribution is -0.120. The maximum Gasteiger partial charge on any atom is 0.227 e. The predicted molar refractivity (Wildman–Crippen MR) is 93.7 cm³/mol. The molecular formula is C19H16N4O2. The van der Waals surface area contributed by atoms with E-state index in [-0.39, 0.29) is 18.7 Å². The second kappa shape index (κ2) is 6.32. The topological polar surface area (TPSA) is 79.0 Å². The molecule has 124 valence electrons. The third-order valence-electron chi connectivity index (χ3n) is 4.38. The molecule has 2 heterocycles. The van der Waals surface area contributed by atoms with Crippen molar-refractivity contribution in [1.29, 1.82) is 0 Å². The van der Waals surface area contributed by atoms with Gasteiger partial charge in [-0.15, -0.1) is 0 Å². The fourth-order valence-electron chi connectivity index (χ4n) is 3.20. The van der Waals surface area contributed by atoms with Crippen LogP contribution in [0.4, 0.5) is 5.69 Å². The SMILES string of the molecule is O=CCCC(=O)N1Cc2ccccc2-c2n[nH]nc2-c2ccccc21. The first-order valence-corrected chi connectivity index (χ1v) is 8.12. The molecule has 2 aromatic carbocycles. The van der Waals surface area contributed by atoms with Gasteiger partial charge in [0.1, 0.15) is 17.7 Å². The zero-order valence-corrected chi connectivity index (χ0v) is 13.5. The molecule has 0 unspecified atom stereocenters. The summed E-state index contributed by atoms with van der Waals surface area (Å²) in [4.78, 5) is 25.2. The molecule has 0 spiro atoms. The van der Waals surface area contributed by atoms with Crippen molar-refractivity contribution in [1.82, 2.24) is 15.4 Å². The van der Waals surface area contributed by atoms with E-state index in [4.69, 9.17) is 0 Å². The van der Waals surface area contributed by atoms with Gasteiger partial charge in [-0.1, -0.05) is 42.5 Å². The summed E-state index contributed by atoms with van der Waals surface area (Å²) in [6.07, 6.45) is 1.18. The number of hydrogen-bond donors (Lipinski definition) is 1. The zero-order chi connectivity index (χ0) is 17.2. The normalized spacial score (nSPS) is 12.4. The van der Waals surface area contributed by atoms with Crippen molar-refractivity contribution >= 4 is 17.9 Å². The number of nitrogens with zero attached hydrogens (tertiary/aromatic N) is 3. The summed E-state index contributed by atoms with van der Waals surface area (Å²) < 4.78 is 0. The van der Waals surface area contributed by atoms with Gasteiger partial charge in [-0.2, -0.15) is 15.4 Å². The van der Waals surface area contributed by atoms with Crippen molar-refractivity contribution in [3.63, 3.8) is 0 Å². The van der Waals surface area contributed by atoms with Crippen LogP contribution in [0.1, 0.15) is 18.4 Å². The lowest BCUT2D eigenvalue weighted by Gasteiger charge is -2.27. The van der Waals surface area contributed by atoms with Gasteiger partial charge in [0.2, 0.25) is 5.91 Å². The standard InChI is InChI=1S/C19H16N4O2/c24-11-5-10-17(25)23-12-13-6-1-2-7-14(13)18-19(21-22-20-18)15-8-3-4-9-16(15)23/h1-4,6-9,11H,5,10,12H2,(H,20,21,22). The molecule has 0 saturated carbocycles. The largest absolute Gasteiger partial charge is 0.307 e. The molecule has 0 saturated heterocycles. The van der Waals surface area contributed by atoms with Gasteiger partial charge in [0.15, 0.2) is 0 Å². The summed E-state index contributed by atoms with van der Waals surface area (Å²) in [6.45, 7) is 0.428. The summed E-state index contributed by atoms with van der Waals surface area (Å²) in [5, 5.41) is 11.4. The van der Waals surface area contributed by atoms with E-state index in [9.17, 15) is 9.59 Å². The van der Waals surface area contributed by atoms with Crippen LogP contribution in [0, 0.1) is 0 Å². The first kappa shape index (κ1) is 15.3. The zero-order valence-electron chi connectivity index (χ0n) is 13.5. The smallest absolute Gasteiger partial charge is 0.227 e. The molecule has 0 atom stereocenters. The molecule has 25 heavy (non-hydrogen) atoms. The van der Waals surface area contributed by atoms with Crippen LogP contribution in [0.5, 0.6) is 0 Å². The number of rotatable bonds is 3. The fraction of sp³-hybridized carbons (Fsp3) is 0.158. The van der Waals surface area contributed by atoms with Crippen molar-refractivity contribution in [2.45, 2.75) is 19.4 Å². The van der Waals surface area contributed by atoms with Crippen LogP contribution in [-0.4, -0.2) is 27.6 Å². The molecule has 1 aliphatic heterocycles. The Morgan fingerprint density at radius 1 is 1.04 bits per heavy atom. The molecule has 0 aliphatic carbocycles. The van der Waals surface area contributed by atoms with Gasteiger partial charge >= 0.3 is 0 Å². The summed E-state index contributed by atoms with van der Waals surface area (Å²) >= 11 is 0. The van der Waals surface area contributed by atoms with Crippen molar-refractivity contribution in [2.75, 3.05) is 4.90 Å². The van der Waals surface area contributed by atoms with Gasteiger partial charge in [-0.3, -0.25) is 4.79 Å². The Balaban J connectivity index is 1.93. The predicted octanol–water partition coefficient (Wildman–Crippen LogP) is 2.96. The highest BCUT2D eigenvalue weighted by molar-refractivity contribution is 6.00. The van der Waals surface area contributed by atoms with Crippen LogP contribution in [0.15, 0.2) is 48.5 Å². The molecule has 6 nitrogen and oxygen atoms in total. The van der Waals surface area contributed by atoms with E-state index in [1.54, 1.807) is 4.90 Å². The molecule has 6 heteroatoms. The quantitative estimate of drug-likeness (QED) is 0.748. The van der Waals surface area contributed by atoms with E-state index in [1.807, 2.05) is 48.5 Å². The van der Waals surface area contributed by atoms with Crippen molar-refractivity contribution in [3.05, 3.63) is 54.1 Å². The maximum absolute atomic E-state index is 12.8. The van der Waals surface area contributed by atoms with E-state index in [0.29, 0.717) is 6.54 Å². The number of nitrogens with one attached hydrogen (secondary N) is 1. The molecule has 1 aliphatic rings. The molecular weight excluding hydrogens is 316 g/mol. The average molecular weight is 332 g/mol. The first-order chi connectivity index (χ1) is 12.3. The van der Waals surface area contributed by atoms with Crippen molar-refractivity contribution < 1.29 is 9.59 Å². The van der Waals surface area contributed by atoms with E-state index < -0.39 is 0 Å². The Bertz CT molecular complexity index is 948. The summed E-state index contributed by atoms with van der Waals surface area (Å²) in [5.74, 6) is -0.0821. The molecule has 1 amide bonds. The van der Waals surface area contributed by atoms with E-state index in [0.717, 1.165) is 40.1 Å². The number of aldehydes is 1. The Morgan fingerprint density at radius 3 is 2.52 bits per heavy atom. The first-order valence-electron chi connectivity index (χ1n) is 8.12.